The smallest absolute Gasteiger partial charge is 0.145 e. The van der Waals surface area contributed by atoms with Crippen LogP contribution in [0.25, 0.3) is 0 Å². The molecule has 1 aromatic rings. The van der Waals surface area contributed by atoms with Gasteiger partial charge in [0.15, 0.2) is 0 Å². The van der Waals surface area contributed by atoms with Gasteiger partial charge in [0, 0.05) is 16.9 Å². The van der Waals surface area contributed by atoms with E-state index >= 15 is 0 Å². The summed E-state index contributed by atoms with van der Waals surface area (Å²) in [4.78, 5) is 4.33. The molecule has 0 radical (unpaired) electrons. The Balaban J connectivity index is 2.88. The van der Waals surface area contributed by atoms with Crippen molar-refractivity contribution in [2.24, 2.45) is 0 Å². The standard InChI is InChI=1S/C10H13BrFN/c1-3-8(11)7(2)10-9(12)5-4-6-13-10/h4-8H,3H2,1-2H3. The number of hydrogen-bond donors (Lipinski definition) is 0. The van der Waals surface area contributed by atoms with Gasteiger partial charge in [-0.15, -0.1) is 0 Å². The third-order valence-corrected chi connectivity index (χ3v) is 3.59. The molecule has 13 heavy (non-hydrogen) atoms. The second-order valence-electron chi connectivity index (χ2n) is 3.08. The van der Waals surface area contributed by atoms with Crippen molar-refractivity contribution in [3.63, 3.8) is 0 Å². The summed E-state index contributed by atoms with van der Waals surface area (Å²) in [6.45, 7) is 4.05. The summed E-state index contributed by atoms with van der Waals surface area (Å²) < 4.78 is 13.3. The Labute approximate surface area is 86.5 Å². The molecule has 72 valence electrons. The number of alkyl halides is 1. The quantitative estimate of drug-likeness (QED) is 0.744. The molecule has 1 nitrogen and oxygen atoms in total. The van der Waals surface area contributed by atoms with Gasteiger partial charge in [0.2, 0.25) is 0 Å². The Morgan fingerprint density at radius 3 is 2.85 bits per heavy atom. The van der Waals surface area contributed by atoms with Crippen LogP contribution < -0.4 is 0 Å². The summed E-state index contributed by atoms with van der Waals surface area (Å²) in [5.41, 5.74) is 0.547. The summed E-state index contributed by atoms with van der Waals surface area (Å²) >= 11 is 3.51. The number of nitrogens with zero attached hydrogens (tertiary/aromatic N) is 1. The lowest BCUT2D eigenvalue weighted by Crippen LogP contribution is -2.11. The monoisotopic (exact) mass is 245 g/mol. The molecular formula is C10H13BrFN. The average molecular weight is 246 g/mol. The normalized spacial score (nSPS) is 15.4. The van der Waals surface area contributed by atoms with E-state index in [9.17, 15) is 4.39 Å². The molecule has 0 aliphatic heterocycles. The number of aromatic nitrogens is 1. The van der Waals surface area contributed by atoms with Gasteiger partial charge in [-0.2, -0.15) is 0 Å². The van der Waals surface area contributed by atoms with Gasteiger partial charge in [0.25, 0.3) is 0 Å². The predicted octanol–water partition coefficient (Wildman–Crippen LogP) is 3.50. The Bertz CT molecular complexity index is 277. The van der Waals surface area contributed by atoms with E-state index in [2.05, 4.69) is 27.8 Å². The molecule has 0 saturated heterocycles. The first-order valence-electron chi connectivity index (χ1n) is 4.41. The zero-order valence-electron chi connectivity index (χ0n) is 7.80. The molecule has 1 heterocycles. The maximum Gasteiger partial charge on any atom is 0.145 e. The molecule has 0 aliphatic rings. The van der Waals surface area contributed by atoms with Crippen molar-refractivity contribution in [1.29, 1.82) is 0 Å². The fraction of sp³-hybridized carbons (Fsp3) is 0.500. The van der Waals surface area contributed by atoms with E-state index < -0.39 is 0 Å². The highest BCUT2D eigenvalue weighted by Crippen LogP contribution is 2.26. The first-order valence-corrected chi connectivity index (χ1v) is 5.32. The SMILES string of the molecule is CCC(Br)C(C)c1ncccc1F. The first kappa shape index (κ1) is 10.6. The van der Waals surface area contributed by atoms with Crippen LogP contribution in [-0.4, -0.2) is 9.81 Å². The van der Waals surface area contributed by atoms with E-state index in [0.717, 1.165) is 6.42 Å². The maximum atomic E-state index is 13.3. The van der Waals surface area contributed by atoms with E-state index in [1.54, 1.807) is 12.3 Å². The van der Waals surface area contributed by atoms with Gasteiger partial charge in [0.05, 0.1) is 5.69 Å². The van der Waals surface area contributed by atoms with Gasteiger partial charge < -0.3 is 0 Å². The van der Waals surface area contributed by atoms with Crippen LogP contribution in [0.3, 0.4) is 0 Å². The lowest BCUT2D eigenvalue weighted by molar-refractivity contribution is 0.563. The Morgan fingerprint density at radius 1 is 1.62 bits per heavy atom. The van der Waals surface area contributed by atoms with E-state index in [4.69, 9.17) is 0 Å². The van der Waals surface area contributed by atoms with E-state index in [1.165, 1.54) is 6.07 Å². The highest BCUT2D eigenvalue weighted by atomic mass is 79.9. The molecule has 2 atom stereocenters. The molecule has 0 saturated carbocycles. The fourth-order valence-corrected chi connectivity index (χ4v) is 1.51. The third-order valence-electron chi connectivity index (χ3n) is 2.15. The minimum absolute atomic E-state index is 0.117. The molecule has 0 aliphatic carbocycles. The van der Waals surface area contributed by atoms with Crippen LogP contribution in [0.1, 0.15) is 31.9 Å². The molecule has 1 rings (SSSR count). The minimum Gasteiger partial charge on any atom is -0.258 e. The van der Waals surface area contributed by atoms with Crippen molar-refractivity contribution in [3.05, 3.63) is 29.8 Å². The van der Waals surface area contributed by atoms with Crippen LogP contribution in [0.4, 0.5) is 4.39 Å². The number of hydrogen-bond acceptors (Lipinski definition) is 1. The van der Waals surface area contributed by atoms with Crippen LogP contribution in [0.2, 0.25) is 0 Å². The molecular weight excluding hydrogens is 233 g/mol. The van der Waals surface area contributed by atoms with Gasteiger partial charge >= 0.3 is 0 Å². The van der Waals surface area contributed by atoms with E-state index in [1.807, 2.05) is 6.92 Å². The minimum atomic E-state index is -0.215. The molecule has 2 unspecified atom stereocenters. The van der Waals surface area contributed by atoms with Crippen LogP contribution in [0.15, 0.2) is 18.3 Å². The zero-order valence-corrected chi connectivity index (χ0v) is 9.38. The zero-order chi connectivity index (χ0) is 9.84. The summed E-state index contributed by atoms with van der Waals surface area (Å²) in [6.07, 6.45) is 2.60. The Hall–Kier alpha value is -0.440. The van der Waals surface area contributed by atoms with Crippen LogP contribution in [0, 0.1) is 5.82 Å². The van der Waals surface area contributed by atoms with Crippen LogP contribution in [0.5, 0.6) is 0 Å². The summed E-state index contributed by atoms with van der Waals surface area (Å²) in [6, 6.07) is 3.06. The van der Waals surface area contributed by atoms with Crippen molar-refractivity contribution >= 4 is 15.9 Å². The topological polar surface area (TPSA) is 12.9 Å². The number of pyridine rings is 1. The van der Waals surface area contributed by atoms with Crippen molar-refractivity contribution in [1.82, 2.24) is 4.98 Å². The van der Waals surface area contributed by atoms with Gasteiger partial charge in [-0.3, -0.25) is 4.98 Å². The second-order valence-corrected chi connectivity index (χ2v) is 4.26. The van der Waals surface area contributed by atoms with Crippen molar-refractivity contribution in [2.75, 3.05) is 0 Å². The van der Waals surface area contributed by atoms with Gasteiger partial charge in [0.1, 0.15) is 5.82 Å². The molecule has 3 heteroatoms. The largest absolute Gasteiger partial charge is 0.258 e. The number of rotatable bonds is 3. The molecule has 0 spiro atoms. The summed E-state index contributed by atoms with van der Waals surface area (Å²) in [5.74, 6) is -0.0981. The van der Waals surface area contributed by atoms with Crippen LogP contribution in [-0.2, 0) is 0 Å². The fourth-order valence-electron chi connectivity index (χ4n) is 1.26. The molecule has 0 N–H and O–H groups in total. The predicted molar refractivity (Wildman–Crippen MR) is 55.6 cm³/mol. The molecule has 0 amide bonds. The van der Waals surface area contributed by atoms with Crippen molar-refractivity contribution in [3.8, 4) is 0 Å². The Kier molecular flexibility index (Phi) is 3.85. The summed E-state index contributed by atoms with van der Waals surface area (Å²) in [7, 11) is 0. The van der Waals surface area contributed by atoms with Crippen molar-refractivity contribution in [2.45, 2.75) is 31.0 Å². The highest BCUT2D eigenvalue weighted by molar-refractivity contribution is 9.09. The molecule has 0 aromatic carbocycles. The highest BCUT2D eigenvalue weighted by Gasteiger charge is 2.18. The van der Waals surface area contributed by atoms with Gasteiger partial charge in [-0.1, -0.05) is 29.8 Å². The van der Waals surface area contributed by atoms with Crippen LogP contribution >= 0.6 is 15.9 Å². The molecule has 1 aromatic heterocycles. The van der Waals surface area contributed by atoms with Crippen molar-refractivity contribution < 1.29 is 4.39 Å². The Morgan fingerprint density at radius 2 is 2.31 bits per heavy atom. The first-order chi connectivity index (χ1) is 6.16. The second kappa shape index (κ2) is 4.70. The van der Waals surface area contributed by atoms with E-state index in [-0.39, 0.29) is 16.6 Å². The maximum absolute atomic E-state index is 13.3. The van der Waals surface area contributed by atoms with Gasteiger partial charge in [-0.05, 0) is 18.6 Å². The van der Waals surface area contributed by atoms with E-state index in [0.29, 0.717) is 5.69 Å². The van der Waals surface area contributed by atoms with Gasteiger partial charge in [-0.25, -0.2) is 4.39 Å². The number of halogens is 2. The average Bonchev–Trinajstić information content (AvgIpc) is 2.16. The third kappa shape index (κ3) is 2.50. The lowest BCUT2D eigenvalue weighted by Gasteiger charge is -2.16. The summed E-state index contributed by atoms with van der Waals surface area (Å²) in [5, 5.41) is 0. The lowest BCUT2D eigenvalue weighted by atomic mass is 10.0. The molecule has 0 bridgehead atoms. The molecule has 0 fully saturated rings.